The number of ketones is 1. The molecule has 2 heterocycles. The first-order valence-electron chi connectivity index (χ1n) is 5.70. The number of nitrogens with zero attached hydrogens (tertiary/aromatic N) is 3. The second kappa shape index (κ2) is 5.20. The Bertz CT molecular complexity index is 434. The summed E-state index contributed by atoms with van der Waals surface area (Å²) in [6, 6.07) is 1.74. The summed E-state index contributed by atoms with van der Waals surface area (Å²) in [5.74, 6) is -2.55. The summed E-state index contributed by atoms with van der Waals surface area (Å²) in [5, 5.41) is 4.09. The third kappa shape index (κ3) is 3.25. The molecule has 0 unspecified atom stereocenters. The summed E-state index contributed by atoms with van der Waals surface area (Å²) in [7, 11) is 1.78. The normalized spacial score (nSPS) is 18.7. The van der Waals surface area contributed by atoms with Crippen LogP contribution in [0.3, 0.4) is 0 Å². The van der Waals surface area contributed by atoms with Gasteiger partial charge < -0.3 is 0 Å². The molecule has 0 N–H and O–H groups in total. The van der Waals surface area contributed by atoms with Gasteiger partial charge in [0.25, 0.3) is 5.92 Å². The maximum atomic E-state index is 12.6. The Hall–Kier alpha value is -0.570. The van der Waals surface area contributed by atoms with Gasteiger partial charge >= 0.3 is 0 Å². The molecule has 1 aliphatic heterocycles. The highest BCUT2D eigenvalue weighted by Crippen LogP contribution is 2.26. The Morgan fingerprint density at radius 3 is 2.72 bits per heavy atom. The monoisotopic (exact) mass is 369 g/mol. The van der Waals surface area contributed by atoms with Gasteiger partial charge in [0.2, 0.25) is 0 Å². The molecule has 0 spiro atoms. The van der Waals surface area contributed by atoms with E-state index in [1.165, 1.54) is 0 Å². The van der Waals surface area contributed by atoms with Crippen LogP contribution < -0.4 is 0 Å². The second-order valence-corrected chi connectivity index (χ2v) is 5.67. The zero-order valence-electron chi connectivity index (χ0n) is 10.00. The highest BCUT2D eigenvalue weighted by Gasteiger charge is 2.43. The Labute approximate surface area is 117 Å². The molecule has 0 radical (unpaired) electrons. The van der Waals surface area contributed by atoms with Crippen molar-refractivity contribution in [3.63, 3.8) is 0 Å². The average molecular weight is 369 g/mol. The fraction of sp³-hybridized carbons (Fsp3) is 0.636. The summed E-state index contributed by atoms with van der Waals surface area (Å²) >= 11 is 2.10. The lowest BCUT2D eigenvalue weighted by molar-refractivity contribution is -0.130. The van der Waals surface area contributed by atoms with Crippen LogP contribution in [0.1, 0.15) is 23.3 Å². The van der Waals surface area contributed by atoms with Crippen molar-refractivity contribution >= 4 is 28.4 Å². The number of halogens is 3. The highest BCUT2D eigenvalue weighted by molar-refractivity contribution is 14.1. The average Bonchev–Trinajstić information content (AvgIpc) is 2.56. The molecule has 0 bridgehead atoms. The van der Waals surface area contributed by atoms with Crippen molar-refractivity contribution < 1.29 is 13.6 Å². The van der Waals surface area contributed by atoms with Crippen LogP contribution >= 0.6 is 22.6 Å². The van der Waals surface area contributed by atoms with Gasteiger partial charge in [0, 0.05) is 19.5 Å². The second-order valence-electron chi connectivity index (χ2n) is 4.57. The molecular formula is C11H14F2IN3O. The lowest BCUT2D eigenvalue weighted by Crippen LogP contribution is -2.56. The molecule has 1 fully saturated rings. The van der Waals surface area contributed by atoms with Crippen molar-refractivity contribution in [3.8, 4) is 0 Å². The molecule has 0 saturated carbocycles. The van der Waals surface area contributed by atoms with Gasteiger partial charge in [-0.2, -0.15) is 5.10 Å². The maximum absolute atomic E-state index is 12.6. The molecule has 0 aromatic carbocycles. The van der Waals surface area contributed by atoms with E-state index >= 15 is 0 Å². The number of aryl methyl sites for hydroxylation is 1. The van der Waals surface area contributed by atoms with Crippen LogP contribution in [0.4, 0.5) is 8.78 Å². The first kappa shape index (κ1) is 13.9. The molecule has 0 amide bonds. The summed E-state index contributed by atoms with van der Waals surface area (Å²) in [6.07, 6.45) is 0.956. The predicted molar refractivity (Wildman–Crippen MR) is 70.9 cm³/mol. The number of likely N-dealkylation sites (tertiary alicyclic amines) is 1. The first-order valence-corrected chi connectivity index (χ1v) is 6.78. The van der Waals surface area contributed by atoms with Crippen molar-refractivity contribution in [2.75, 3.05) is 19.6 Å². The molecule has 2 rings (SSSR count). The molecule has 0 aliphatic carbocycles. The summed E-state index contributed by atoms with van der Waals surface area (Å²) in [5.41, 5.74) is 0.454. The van der Waals surface area contributed by atoms with Crippen LogP contribution in [0.5, 0.6) is 0 Å². The maximum Gasteiger partial charge on any atom is 0.272 e. The minimum absolute atomic E-state index is 0.0270. The number of rotatable bonds is 5. The number of carbonyl (C=O) groups excluding carboxylic acids is 1. The molecule has 1 aromatic rings. The van der Waals surface area contributed by atoms with Gasteiger partial charge in [-0.3, -0.25) is 14.4 Å². The molecule has 4 nitrogen and oxygen atoms in total. The van der Waals surface area contributed by atoms with Crippen LogP contribution in [-0.4, -0.2) is 46.0 Å². The van der Waals surface area contributed by atoms with Crippen LogP contribution in [-0.2, 0) is 7.05 Å². The number of carbonyl (C=O) groups is 1. The fourth-order valence-corrected chi connectivity index (χ4v) is 2.34. The molecule has 100 valence electrons. The van der Waals surface area contributed by atoms with Gasteiger partial charge in [0.15, 0.2) is 5.78 Å². The minimum atomic E-state index is -2.53. The van der Waals surface area contributed by atoms with E-state index in [1.807, 2.05) is 0 Å². The van der Waals surface area contributed by atoms with Gasteiger partial charge in [-0.25, -0.2) is 8.78 Å². The van der Waals surface area contributed by atoms with Crippen molar-refractivity contribution in [2.45, 2.75) is 18.8 Å². The first-order chi connectivity index (χ1) is 8.37. The summed E-state index contributed by atoms with van der Waals surface area (Å²) in [4.78, 5) is 13.4. The van der Waals surface area contributed by atoms with E-state index in [0.29, 0.717) is 25.1 Å². The molecule has 0 atom stereocenters. The van der Waals surface area contributed by atoms with Gasteiger partial charge in [0.1, 0.15) is 5.69 Å². The Morgan fingerprint density at radius 1 is 1.56 bits per heavy atom. The third-order valence-electron chi connectivity index (χ3n) is 2.90. The zero-order chi connectivity index (χ0) is 13.3. The summed E-state index contributed by atoms with van der Waals surface area (Å²) < 4.78 is 27.7. The van der Waals surface area contributed by atoms with E-state index in [1.54, 1.807) is 22.7 Å². The van der Waals surface area contributed by atoms with E-state index in [4.69, 9.17) is 0 Å². The quantitative estimate of drug-likeness (QED) is 0.588. The van der Waals surface area contributed by atoms with Gasteiger partial charge in [-0.1, -0.05) is 0 Å². The Balaban J connectivity index is 1.72. The Morgan fingerprint density at radius 2 is 2.22 bits per heavy atom. The molecule has 18 heavy (non-hydrogen) atoms. The van der Waals surface area contributed by atoms with Crippen molar-refractivity contribution in [1.29, 1.82) is 0 Å². The minimum Gasteiger partial charge on any atom is -0.292 e. The zero-order valence-corrected chi connectivity index (χ0v) is 12.2. The SMILES string of the molecule is Cn1nc(C(=O)CCCN2CC(F)(F)C2)cc1I. The lowest BCUT2D eigenvalue weighted by atomic mass is 10.1. The molecule has 1 aromatic heterocycles. The summed E-state index contributed by atoms with van der Waals surface area (Å²) in [6.45, 7) is 0.191. The van der Waals surface area contributed by atoms with Crippen LogP contribution in [0.2, 0.25) is 0 Å². The molecule has 1 aliphatic rings. The largest absolute Gasteiger partial charge is 0.292 e. The van der Waals surface area contributed by atoms with Gasteiger partial charge in [0.05, 0.1) is 16.8 Å². The van der Waals surface area contributed by atoms with Crippen LogP contribution in [0.25, 0.3) is 0 Å². The Kier molecular flexibility index (Phi) is 4.00. The van der Waals surface area contributed by atoms with E-state index in [0.717, 1.165) is 3.70 Å². The van der Waals surface area contributed by atoms with Crippen LogP contribution in [0, 0.1) is 3.70 Å². The number of aromatic nitrogens is 2. The van der Waals surface area contributed by atoms with Crippen LogP contribution in [0.15, 0.2) is 6.07 Å². The third-order valence-corrected chi connectivity index (χ3v) is 3.91. The number of hydrogen-bond acceptors (Lipinski definition) is 3. The van der Waals surface area contributed by atoms with Gasteiger partial charge in [-0.05, 0) is 35.6 Å². The van der Waals surface area contributed by atoms with Crippen molar-refractivity contribution in [2.24, 2.45) is 7.05 Å². The number of Topliss-reactive ketones (excluding diaryl/α,β-unsaturated/α-hetero) is 1. The molecular weight excluding hydrogens is 355 g/mol. The fourth-order valence-electron chi connectivity index (χ4n) is 1.94. The topological polar surface area (TPSA) is 38.1 Å². The van der Waals surface area contributed by atoms with E-state index in [9.17, 15) is 13.6 Å². The molecule has 1 saturated heterocycles. The van der Waals surface area contributed by atoms with Crippen molar-refractivity contribution in [1.82, 2.24) is 14.7 Å². The van der Waals surface area contributed by atoms with E-state index < -0.39 is 5.92 Å². The lowest BCUT2D eigenvalue weighted by Gasteiger charge is -2.38. The number of alkyl halides is 2. The van der Waals surface area contributed by atoms with Crippen molar-refractivity contribution in [3.05, 3.63) is 15.5 Å². The standard InChI is InChI=1S/C11H14F2IN3O/c1-16-10(14)5-8(15-16)9(18)3-2-4-17-6-11(12,13)7-17/h5H,2-4,6-7H2,1H3. The molecule has 7 heteroatoms. The predicted octanol–water partition coefficient (Wildman–Crippen LogP) is 1.94. The smallest absolute Gasteiger partial charge is 0.272 e. The van der Waals surface area contributed by atoms with Gasteiger partial charge in [-0.15, -0.1) is 0 Å². The number of hydrogen-bond donors (Lipinski definition) is 0. The highest BCUT2D eigenvalue weighted by atomic mass is 127. The van der Waals surface area contributed by atoms with E-state index in [-0.39, 0.29) is 18.9 Å². The van der Waals surface area contributed by atoms with E-state index in [2.05, 4.69) is 27.7 Å².